The number of carbonyl (C=O) groups excluding carboxylic acids is 1. The summed E-state index contributed by atoms with van der Waals surface area (Å²) in [6.45, 7) is 0.696. The number of aromatic nitrogens is 2. The van der Waals surface area contributed by atoms with Crippen LogP contribution in [0, 0.1) is 11.6 Å². The largest absolute Gasteiger partial charge is 0.441 e. The molecule has 0 saturated heterocycles. The summed E-state index contributed by atoms with van der Waals surface area (Å²) in [5, 5.41) is 0. The molecule has 6 nitrogen and oxygen atoms in total. The zero-order chi connectivity index (χ0) is 19.7. The third-order valence-electron chi connectivity index (χ3n) is 4.67. The lowest BCUT2D eigenvalue weighted by Gasteiger charge is -2.28. The minimum Gasteiger partial charge on any atom is -0.441 e. The second-order valence-corrected chi connectivity index (χ2v) is 6.72. The zero-order valence-electron chi connectivity index (χ0n) is 15.8. The fourth-order valence-corrected chi connectivity index (χ4v) is 3.28. The summed E-state index contributed by atoms with van der Waals surface area (Å²) in [4.78, 5) is 22.6. The molecule has 10 heteroatoms. The predicted molar refractivity (Wildman–Crippen MR) is 111 cm³/mol. The van der Waals surface area contributed by atoms with E-state index in [1.54, 1.807) is 17.3 Å². The smallest absolute Gasteiger partial charge is 0.240 e. The zero-order valence-corrected chi connectivity index (χ0v) is 17.4. The number of rotatable bonds is 4. The van der Waals surface area contributed by atoms with E-state index >= 15 is 0 Å². The highest BCUT2D eigenvalue weighted by Crippen LogP contribution is 2.27. The van der Waals surface area contributed by atoms with E-state index in [0.29, 0.717) is 30.8 Å². The molecule has 0 radical (unpaired) electrons. The Morgan fingerprint density at radius 3 is 2.50 bits per heavy atom. The van der Waals surface area contributed by atoms with E-state index in [1.807, 2.05) is 12.1 Å². The third kappa shape index (κ3) is 5.13. The Kier molecular flexibility index (Phi) is 7.89. The molecule has 2 aromatic heterocycles. The van der Waals surface area contributed by atoms with E-state index in [0.717, 1.165) is 23.8 Å². The minimum absolute atomic E-state index is 0. The van der Waals surface area contributed by atoms with E-state index in [9.17, 15) is 13.6 Å². The van der Waals surface area contributed by atoms with E-state index < -0.39 is 17.7 Å². The molecule has 0 saturated carbocycles. The number of fused-ring (bicyclic) bond motifs is 1. The van der Waals surface area contributed by atoms with Crippen molar-refractivity contribution in [3.8, 4) is 11.5 Å². The van der Waals surface area contributed by atoms with Gasteiger partial charge in [0.1, 0.15) is 23.1 Å². The van der Waals surface area contributed by atoms with Crippen LogP contribution in [0.3, 0.4) is 0 Å². The van der Waals surface area contributed by atoms with Gasteiger partial charge in [-0.2, -0.15) is 0 Å². The number of carbonyl (C=O) groups is 1. The summed E-state index contributed by atoms with van der Waals surface area (Å²) < 4.78 is 32.6. The highest BCUT2D eigenvalue weighted by atomic mass is 35.5. The van der Waals surface area contributed by atoms with E-state index in [4.69, 9.17) is 10.2 Å². The second kappa shape index (κ2) is 9.97. The Hall–Kier alpha value is -2.55. The molecule has 1 atom stereocenters. The normalized spacial score (nSPS) is 13.6. The van der Waals surface area contributed by atoms with E-state index in [-0.39, 0.29) is 48.7 Å². The lowest BCUT2D eigenvalue weighted by Crippen LogP contribution is -2.46. The molecule has 0 fully saturated rings. The molecule has 0 aliphatic carbocycles. The van der Waals surface area contributed by atoms with Crippen molar-refractivity contribution in [1.82, 2.24) is 14.9 Å². The van der Waals surface area contributed by atoms with Crippen LogP contribution in [-0.4, -0.2) is 33.4 Å². The summed E-state index contributed by atoms with van der Waals surface area (Å²) in [6, 6.07) is 6.08. The van der Waals surface area contributed by atoms with Gasteiger partial charge in [0.2, 0.25) is 11.8 Å². The van der Waals surface area contributed by atoms with Crippen LogP contribution in [0.1, 0.15) is 17.0 Å². The molecule has 2 N–H and O–H groups in total. The van der Waals surface area contributed by atoms with Crippen molar-refractivity contribution in [2.45, 2.75) is 25.4 Å². The van der Waals surface area contributed by atoms with Gasteiger partial charge in [-0.05, 0) is 36.2 Å². The third-order valence-corrected chi connectivity index (χ3v) is 4.67. The monoisotopic (exact) mass is 456 g/mol. The van der Waals surface area contributed by atoms with Crippen LogP contribution in [0.5, 0.6) is 0 Å². The van der Waals surface area contributed by atoms with Crippen molar-refractivity contribution in [3.05, 3.63) is 71.4 Å². The molecule has 3 aromatic rings. The molecule has 160 valence electrons. The number of hydrogen-bond donors (Lipinski definition) is 1. The maximum Gasteiger partial charge on any atom is 0.240 e. The van der Waals surface area contributed by atoms with Crippen molar-refractivity contribution >= 4 is 30.7 Å². The van der Waals surface area contributed by atoms with Crippen molar-refractivity contribution < 1.29 is 18.0 Å². The van der Waals surface area contributed by atoms with Gasteiger partial charge < -0.3 is 15.1 Å². The molecular weight excluding hydrogens is 437 g/mol. The van der Waals surface area contributed by atoms with Gasteiger partial charge in [-0.1, -0.05) is 0 Å². The van der Waals surface area contributed by atoms with Gasteiger partial charge in [0.15, 0.2) is 0 Å². The fraction of sp³-hybridized carbons (Fsp3) is 0.250. The van der Waals surface area contributed by atoms with Crippen LogP contribution in [0.15, 0.2) is 47.1 Å². The summed E-state index contributed by atoms with van der Waals surface area (Å²) in [5.41, 5.74) is 7.83. The molecule has 0 bridgehead atoms. The Labute approximate surface area is 184 Å². The average Bonchev–Trinajstić information content (AvgIpc) is 3.11. The number of pyridine rings is 1. The quantitative estimate of drug-likeness (QED) is 0.650. The maximum atomic E-state index is 13.5. The van der Waals surface area contributed by atoms with E-state index in [1.165, 1.54) is 0 Å². The molecule has 30 heavy (non-hydrogen) atoms. The first kappa shape index (κ1) is 23.7. The lowest BCUT2D eigenvalue weighted by molar-refractivity contribution is -0.133. The van der Waals surface area contributed by atoms with Gasteiger partial charge in [0, 0.05) is 37.0 Å². The van der Waals surface area contributed by atoms with Gasteiger partial charge in [-0.15, -0.1) is 24.8 Å². The first-order valence-corrected chi connectivity index (χ1v) is 8.88. The Balaban J connectivity index is 0.00000160. The summed E-state index contributed by atoms with van der Waals surface area (Å²) in [5.74, 6) is -0.829. The molecular formula is C20H20Cl2F2N4O2. The minimum atomic E-state index is -0.704. The van der Waals surface area contributed by atoms with Gasteiger partial charge in [-0.3, -0.25) is 9.78 Å². The Morgan fingerprint density at radius 2 is 1.83 bits per heavy atom. The molecule has 1 aliphatic heterocycles. The molecule has 3 heterocycles. The predicted octanol–water partition coefficient (Wildman–Crippen LogP) is 3.31. The number of hydrogen-bond acceptors (Lipinski definition) is 5. The Morgan fingerprint density at radius 1 is 1.17 bits per heavy atom. The van der Waals surface area contributed by atoms with Crippen LogP contribution in [-0.2, 0) is 24.2 Å². The number of amides is 1. The van der Waals surface area contributed by atoms with Crippen LogP contribution in [0.25, 0.3) is 11.5 Å². The van der Waals surface area contributed by atoms with Crippen molar-refractivity contribution in [3.63, 3.8) is 0 Å². The van der Waals surface area contributed by atoms with Crippen LogP contribution in [0.2, 0.25) is 0 Å². The summed E-state index contributed by atoms with van der Waals surface area (Å²) in [7, 11) is 0. The van der Waals surface area contributed by atoms with Gasteiger partial charge in [0.25, 0.3) is 0 Å². The first-order chi connectivity index (χ1) is 13.5. The highest BCUT2D eigenvalue weighted by molar-refractivity contribution is 5.85. The molecule has 1 aliphatic rings. The standard InChI is InChI=1S/C20H18F2N4O2.2ClH/c21-14-8-13(9-15(22)10-14)19-25-17-11-26(6-3-18(17)28-19)20(27)16(23)7-12-1-4-24-5-2-12;;/h1-2,4-5,8-10,16H,3,6-7,11,23H2;2*1H/t16-;;/m1../s1. The van der Waals surface area contributed by atoms with Crippen LogP contribution in [0.4, 0.5) is 8.78 Å². The number of benzene rings is 1. The topological polar surface area (TPSA) is 85.2 Å². The highest BCUT2D eigenvalue weighted by Gasteiger charge is 2.28. The number of nitrogens with zero attached hydrogens (tertiary/aromatic N) is 3. The maximum absolute atomic E-state index is 13.5. The number of oxazole rings is 1. The van der Waals surface area contributed by atoms with Gasteiger partial charge in [0.05, 0.1) is 12.6 Å². The summed E-state index contributed by atoms with van der Waals surface area (Å²) >= 11 is 0. The van der Waals surface area contributed by atoms with Crippen LogP contribution >= 0.6 is 24.8 Å². The van der Waals surface area contributed by atoms with Gasteiger partial charge in [-0.25, -0.2) is 13.8 Å². The average molecular weight is 457 g/mol. The second-order valence-electron chi connectivity index (χ2n) is 6.72. The van der Waals surface area contributed by atoms with Crippen molar-refractivity contribution in [2.24, 2.45) is 5.73 Å². The fourth-order valence-electron chi connectivity index (χ4n) is 3.28. The summed E-state index contributed by atoms with van der Waals surface area (Å²) in [6.07, 6.45) is 4.20. The Bertz CT molecular complexity index is 997. The van der Waals surface area contributed by atoms with Gasteiger partial charge >= 0.3 is 0 Å². The number of nitrogens with two attached hydrogens (primary N) is 1. The van der Waals surface area contributed by atoms with E-state index in [2.05, 4.69) is 9.97 Å². The van der Waals surface area contributed by atoms with Crippen molar-refractivity contribution in [2.75, 3.05) is 6.54 Å². The molecule has 1 aromatic carbocycles. The number of halogens is 4. The molecule has 1 amide bonds. The lowest BCUT2D eigenvalue weighted by atomic mass is 10.1. The molecule has 4 rings (SSSR count). The molecule has 0 spiro atoms. The first-order valence-electron chi connectivity index (χ1n) is 8.88. The van der Waals surface area contributed by atoms with Crippen molar-refractivity contribution in [1.29, 1.82) is 0 Å². The van der Waals surface area contributed by atoms with Crippen LogP contribution < -0.4 is 5.73 Å². The molecule has 0 unspecified atom stereocenters. The SMILES string of the molecule is Cl.Cl.N[C@H](Cc1ccncc1)C(=O)N1CCc2oc(-c3cc(F)cc(F)c3)nc2C1.